The molecule has 2 N–H and O–H groups in total. The number of alkyl carbamates (subject to hydrolysis) is 1. The molecule has 0 bridgehead atoms. The molecule has 0 rings (SSSR count). The summed E-state index contributed by atoms with van der Waals surface area (Å²) in [5.41, 5.74) is -0.610. The number of ether oxygens (including phenoxy) is 1. The number of carboxylic acids is 1. The van der Waals surface area contributed by atoms with E-state index in [9.17, 15) is 14.7 Å². The summed E-state index contributed by atoms with van der Waals surface area (Å²) in [7, 11) is 0.151. The van der Waals surface area contributed by atoms with Crippen molar-refractivity contribution in [2.45, 2.75) is 111 Å². The van der Waals surface area contributed by atoms with E-state index in [0.717, 1.165) is 0 Å². The summed E-state index contributed by atoms with van der Waals surface area (Å²) < 4.78 is 11.9. The zero-order chi connectivity index (χ0) is 24.6. The van der Waals surface area contributed by atoms with Gasteiger partial charge in [-0.1, -0.05) is 54.5 Å². The van der Waals surface area contributed by atoms with Gasteiger partial charge in [-0.05, 0) is 56.4 Å². The molecule has 180 valence electrons. The molecule has 1 amide bonds. The molecule has 0 saturated heterocycles. The number of hydrogen-bond acceptors (Lipinski definition) is 4. The Labute approximate surface area is 192 Å². The fourth-order valence-electron chi connectivity index (χ4n) is 2.72. The number of allylic oxidation sites excluding steroid dienone is 1. The molecular formula is C24H45NO5Si. The Morgan fingerprint density at radius 1 is 1.06 bits per heavy atom. The maximum absolute atomic E-state index is 12.5. The van der Waals surface area contributed by atoms with E-state index in [1.807, 2.05) is 20.8 Å². The van der Waals surface area contributed by atoms with Crippen molar-refractivity contribution in [3.05, 3.63) is 12.7 Å². The third kappa shape index (κ3) is 11.7. The first kappa shape index (κ1) is 29.7. The molecule has 0 aliphatic carbocycles. The lowest BCUT2D eigenvalue weighted by Gasteiger charge is -2.40. The Morgan fingerprint density at radius 3 is 2.00 bits per heavy atom. The van der Waals surface area contributed by atoms with Crippen LogP contribution in [0.15, 0.2) is 12.7 Å². The molecule has 0 aromatic carbocycles. The van der Waals surface area contributed by atoms with Crippen molar-refractivity contribution < 1.29 is 23.9 Å². The Bertz CT molecular complexity index is 590. The van der Waals surface area contributed by atoms with E-state index in [2.05, 4.69) is 60.4 Å². The van der Waals surface area contributed by atoms with Crippen LogP contribution in [0, 0.1) is 17.3 Å². The zero-order valence-corrected chi connectivity index (χ0v) is 22.3. The van der Waals surface area contributed by atoms with Crippen LogP contribution in [0.3, 0.4) is 0 Å². The van der Waals surface area contributed by atoms with Gasteiger partial charge in [0.05, 0.1) is 18.1 Å². The van der Waals surface area contributed by atoms with Gasteiger partial charge in [0.1, 0.15) is 5.60 Å². The molecule has 0 unspecified atom stereocenters. The highest BCUT2D eigenvalue weighted by Crippen LogP contribution is 2.44. The third-order valence-electron chi connectivity index (χ3n) is 5.53. The van der Waals surface area contributed by atoms with Crippen molar-refractivity contribution in [1.82, 2.24) is 5.32 Å². The first-order chi connectivity index (χ1) is 13.9. The lowest BCUT2D eigenvalue weighted by molar-refractivity contribution is -0.142. The van der Waals surface area contributed by atoms with E-state index < -0.39 is 29.7 Å². The van der Waals surface area contributed by atoms with Gasteiger partial charge in [-0.2, -0.15) is 0 Å². The van der Waals surface area contributed by atoms with Crippen molar-refractivity contribution in [2.24, 2.45) is 17.3 Å². The summed E-state index contributed by atoms with van der Waals surface area (Å²) in [5, 5.41) is 12.5. The van der Waals surface area contributed by atoms with Crippen molar-refractivity contribution in [1.29, 1.82) is 0 Å². The number of carbonyl (C=O) groups excluding carboxylic acids is 1. The largest absolute Gasteiger partial charge is 0.481 e. The van der Waals surface area contributed by atoms with Crippen LogP contribution >= 0.6 is 0 Å². The number of carbonyl (C=O) groups is 2. The van der Waals surface area contributed by atoms with Crippen LogP contribution in [0.4, 0.5) is 4.79 Å². The summed E-state index contributed by atoms with van der Waals surface area (Å²) in [4.78, 5) is 24.4. The minimum absolute atomic E-state index is 0.00937. The number of amides is 1. The van der Waals surface area contributed by atoms with Crippen LogP contribution in [0.2, 0.25) is 5.04 Å². The maximum atomic E-state index is 12.5. The van der Waals surface area contributed by atoms with E-state index in [0.29, 0.717) is 19.3 Å². The van der Waals surface area contributed by atoms with Crippen LogP contribution in [0.1, 0.15) is 88.5 Å². The summed E-state index contributed by atoms with van der Waals surface area (Å²) >= 11 is 0. The fraction of sp³-hybridized carbons (Fsp3) is 0.833. The molecule has 0 spiro atoms. The number of aliphatic carboxylic acids is 1. The van der Waals surface area contributed by atoms with Gasteiger partial charge in [0.25, 0.3) is 0 Å². The molecule has 2 radical (unpaired) electrons. The average Bonchev–Trinajstić information content (AvgIpc) is 2.53. The molecule has 0 aromatic heterocycles. The second-order valence-corrected chi connectivity index (χ2v) is 13.0. The number of nitrogens with one attached hydrogen (secondary N) is 1. The number of rotatable bonds is 12. The van der Waals surface area contributed by atoms with Crippen LogP contribution in [0.5, 0.6) is 0 Å². The normalized spacial score (nSPS) is 15.8. The fourth-order valence-corrected chi connectivity index (χ4v) is 3.73. The predicted molar refractivity (Wildman–Crippen MR) is 127 cm³/mol. The molecular weight excluding hydrogens is 410 g/mol. The van der Waals surface area contributed by atoms with Crippen molar-refractivity contribution >= 4 is 21.8 Å². The highest BCUT2D eigenvalue weighted by Gasteiger charge is 2.38. The SMILES string of the molecule is C=CC[C@H](C[C@H](O[Si]C(C)(C)C(C)(C)C)[C@H](CC(C)C)NC(=O)OC(C)(C)C)C(=O)O. The molecule has 0 fully saturated rings. The maximum Gasteiger partial charge on any atom is 0.407 e. The quantitative estimate of drug-likeness (QED) is 0.285. The third-order valence-corrected chi connectivity index (χ3v) is 7.21. The minimum Gasteiger partial charge on any atom is -0.481 e. The van der Waals surface area contributed by atoms with Crippen LogP contribution in [-0.2, 0) is 14.0 Å². The molecule has 6 nitrogen and oxygen atoms in total. The van der Waals surface area contributed by atoms with Crippen LogP contribution in [0.25, 0.3) is 0 Å². The average molecular weight is 456 g/mol. The first-order valence-electron chi connectivity index (χ1n) is 11.2. The van der Waals surface area contributed by atoms with Crippen molar-refractivity contribution in [3.63, 3.8) is 0 Å². The van der Waals surface area contributed by atoms with E-state index in [-0.39, 0.29) is 32.2 Å². The van der Waals surface area contributed by atoms with Gasteiger partial charge in [0, 0.05) is 0 Å². The molecule has 0 aliphatic heterocycles. The van der Waals surface area contributed by atoms with Gasteiger partial charge in [-0.25, -0.2) is 4.79 Å². The lowest BCUT2D eigenvalue weighted by atomic mass is 9.82. The van der Waals surface area contributed by atoms with E-state index in [4.69, 9.17) is 9.16 Å². The highest BCUT2D eigenvalue weighted by atomic mass is 28.2. The first-order valence-corrected chi connectivity index (χ1v) is 12.1. The predicted octanol–water partition coefficient (Wildman–Crippen LogP) is 5.84. The topological polar surface area (TPSA) is 84.9 Å². The van der Waals surface area contributed by atoms with Gasteiger partial charge in [0.2, 0.25) is 9.76 Å². The molecule has 0 heterocycles. The summed E-state index contributed by atoms with van der Waals surface area (Å²) in [6, 6.07) is -0.357. The van der Waals surface area contributed by atoms with E-state index in [1.165, 1.54) is 0 Å². The van der Waals surface area contributed by atoms with Crippen LogP contribution in [-0.4, -0.2) is 44.7 Å². The molecule has 3 atom stereocenters. The summed E-state index contributed by atoms with van der Waals surface area (Å²) in [5.74, 6) is -1.22. The Balaban J connectivity index is 5.82. The standard InChI is InChI=1S/C24H45NO5Si/c1-12-13-17(20(26)27)15-19(30-31-24(10,11)22(4,5)6)18(14-16(2)3)25-21(28)29-23(7,8)9/h12,16-19H,1,13-15H2,2-11H3,(H,25,28)(H,26,27)/t17-,18+,19+/m1/s1. The lowest BCUT2D eigenvalue weighted by Crippen LogP contribution is -2.49. The van der Waals surface area contributed by atoms with Crippen molar-refractivity contribution in [3.8, 4) is 0 Å². The highest BCUT2D eigenvalue weighted by molar-refractivity contribution is 6.32. The second kappa shape index (κ2) is 12.0. The molecule has 31 heavy (non-hydrogen) atoms. The van der Waals surface area contributed by atoms with Gasteiger partial charge in [-0.15, -0.1) is 6.58 Å². The second-order valence-electron chi connectivity index (χ2n) is 11.3. The van der Waals surface area contributed by atoms with Gasteiger partial charge >= 0.3 is 12.1 Å². The van der Waals surface area contributed by atoms with E-state index >= 15 is 0 Å². The van der Waals surface area contributed by atoms with Crippen molar-refractivity contribution in [2.75, 3.05) is 0 Å². The zero-order valence-electron chi connectivity index (χ0n) is 21.3. The monoisotopic (exact) mass is 455 g/mol. The Morgan fingerprint density at radius 2 is 1.61 bits per heavy atom. The van der Waals surface area contributed by atoms with E-state index in [1.54, 1.807) is 6.08 Å². The summed E-state index contributed by atoms with van der Waals surface area (Å²) in [6.07, 6.45) is 1.96. The Kier molecular flexibility index (Phi) is 11.5. The molecule has 7 heteroatoms. The Hall–Kier alpha value is -1.34. The van der Waals surface area contributed by atoms with Gasteiger partial charge in [-0.3, -0.25) is 4.79 Å². The smallest absolute Gasteiger partial charge is 0.407 e. The van der Waals surface area contributed by atoms with Crippen LogP contribution < -0.4 is 5.32 Å². The number of carboxylic acid groups (broad SMARTS) is 1. The molecule has 0 aliphatic rings. The summed E-state index contributed by atoms with van der Waals surface area (Å²) in [6.45, 7) is 24.1. The minimum atomic E-state index is -0.882. The van der Waals surface area contributed by atoms with Gasteiger partial charge < -0.3 is 19.6 Å². The van der Waals surface area contributed by atoms with Gasteiger partial charge in [0.15, 0.2) is 0 Å². The molecule has 0 aromatic rings. The molecule has 0 saturated carbocycles. The number of hydrogen-bond donors (Lipinski definition) is 2.